The maximum atomic E-state index is 9.68. The van der Waals surface area contributed by atoms with Gasteiger partial charge in [-0.3, -0.25) is 0 Å². The monoisotopic (exact) mass is 433 g/mol. The fraction of sp³-hybridized carbons (Fsp3) is 0.227. The van der Waals surface area contributed by atoms with Crippen LogP contribution in [-0.4, -0.2) is 56.5 Å². The number of H-pyrrole nitrogens is 1. The van der Waals surface area contributed by atoms with Crippen LogP contribution in [0.3, 0.4) is 0 Å². The number of hydrogen-bond acceptors (Lipinski definition) is 9. The minimum absolute atomic E-state index is 0.137. The first-order valence-corrected chi connectivity index (χ1v) is 9.98. The van der Waals surface area contributed by atoms with E-state index in [0.717, 1.165) is 17.7 Å². The third-order valence-electron chi connectivity index (χ3n) is 4.94. The van der Waals surface area contributed by atoms with Crippen LogP contribution < -0.4 is 14.8 Å². The van der Waals surface area contributed by atoms with E-state index < -0.39 is 0 Å². The van der Waals surface area contributed by atoms with Gasteiger partial charge in [0.15, 0.2) is 5.82 Å². The van der Waals surface area contributed by atoms with Gasteiger partial charge in [0.1, 0.15) is 11.6 Å². The van der Waals surface area contributed by atoms with E-state index >= 15 is 0 Å². The topological polar surface area (TPSA) is 131 Å². The average molecular weight is 433 g/mol. The van der Waals surface area contributed by atoms with Crippen molar-refractivity contribution in [3.05, 3.63) is 59.7 Å². The van der Waals surface area contributed by atoms with Crippen LogP contribution in [0.5, 0.6) is 11.8 Å². The Morgan fingerprint density at radius 3 is 2.53 bits per heavy atom. The van der Waals surface area contributed by atoms with Crippen molar-refractivity contribution in [2.45, 2.75) is 13.0 Å². The number of rotatable bonds is 9. The maximum Gasteiger partial charge on any atom is 0.318 e. The number of nitrogens with one attached hydrogen (secondary N) is 2. The Kier molecular flexibility index (Phi) is 6.52. The second-order valence-corrected chi connectivity index (χ2v) is 6.93. The van der Waals surface area contributed by atoms with Crippen LogP contribution in [0.4, 0.5) is 5.82 Å². The predicted molar refractivity (Wildman–Crippen MR) is 118 cm³/mol. The first kappa shape index (κ1) is 21.2. The number of ether oxygens (including phenoxy) is 2. The molecule has 0 radical (unpaired) electrons. The van der Waals surface area contributed by atoms with E-state index in [0.29, 0.717) is 35.0 Å². The van der Waals surface area contributed by atoms with Crippen molar-refractivity contribution >= 4 is 5.82 Å². The lowest BCUT2D eigenvalue weighted by Gasteiger charge is -2.11. The normalized spacial score (nSPS) is 10.7. The van der Waals surface area contributed by atoms with Crippen LogP contribution in [0.25, 0.3) is 22.6 Å². The smallest absolute Gasteiger partial charge is 0.318 e. The van der Waals surface area contributed by atoms with E-state index in [1.807, 2.05) is 48.5 Å². The summed E-state index contributed by atoms with van der Waals surface area (Å²) in [6.45, 7) is 0.548. The molecule has 3 N–H and O–H groups in total. The number of hydrogen-bond donors (Lipinski definition) is 3. The Labute approximate surface area is 184 Å². The molecule has 0 spiro atoms. The van der Waals surface area contributed by atoms with Crippen LogP contribution >= 0.6 is 0 Å². The van der Waals surface area contributed by atoms with Gasteiger partial charge in [-0.1, -0.05) is 24.3 Å². The molecule has 164 valence electrons. The third kappa shape index (κ3) is 4.81. The summed E-state index contributed by atoms with van der Waals surface area (Å²) in [5.41, 5.74) is 4.06. The Hall–Kier alpha value is -4.05. The van der Waals surface area contributed by atoms with Crippen LogP contribution in [0.15, 0.2) is 48.5 Å². The van der Waals surface area contributed by atoms with Gasteiger partial charge in [0.05, 0.1) is 26.5 Å². The molecule has 2 aromatic carbocycles. The van der Waals surface area contributed by atoms with Crippen LogP contribution in [0, 0.1) is 0 Å². The van der Waals surface area contributed by atoms with E-state index in [2.05, 4.69) is 35.9 Å². The highest BCUT2D eigenvalue weighted by Crippen LogP contribution is 2.28. The highest BCUT2D eigenvalue weighted by Gasteiger charge is 2.13. The summed E-state index contributed by atoms with van der Waals surface area (Å²) in [6.07, 6.45) is 0.819. The van der Waals surface area contributed by atoms with Crippen molar-refractivity contribution in [1.29, 1.82) is 0 Å². The molecule has 0 bridgehead atoms. The van der Waals surface area contributed by atoms with Crippen molar-refractivity contribution in [2.24, 2.45) is 0 Å². The summed E-state index contributed by atoms with van der Waals surface area (Å²) < 4.78 is 10.5. The zero-order valence-electron chi connectivity index (χ0n) is 17.7. The Balaban J connectivity index is 1.56. The molecule has 2 heterocycles. The van der Waals surface area contributed by atoms with Gasteiger partial charge in [0, 0.05) is 23.7 Å². The third-order valence-corrected chi connectivity index (χ3v) is 4.94. The quantitative estimate of drug-likeness (QED) is 0.364. The number of aromatic nitrogens is 6. The van der Waals surface area contributed by atoms with E-state index in [1.54, 1.807) is 7.11 Å². The zero-order chi connectivity index (χ0) is 22.3. The Bertz CT molecular complexity index is 1160. The number of tetrazole rings is 1. The summed E-state index contributed by atoms with van der Waals surface area (Å²) in [5, 5.41) is 26.9. The van der Waals surface area contributed by atoms with Crippen LogP contribution in [-0.2, 0) is 13.0 Å². The van der Waals surface area contributed by atoms with Crippen LogP contribution in [0.1, 0.15) is 11.1 Å². The molecule has 10 nitrogen and oxygen atoms in total. The Morgan fingerprint density at radius 1 is 1.00 bits per heavy atom. The lowest BCUT2D eigenvalue weighted by Crippen LogP contribution is -2.08. The summed E-state index contributed by atoms with van der Waals surface area (Å²) in [6, 6.07) is 15.6. The summed E-state index contributed by atoms with van der Waals surface area (Å²) in [5.74, 6) is 1.95. The standard InChI is InChI=1S/C22H23N7O3/c1-31-17-7-3-14(4-8-17)9-10-23-20-12-19(24-22(25-20)32-2)15-5-6-16(13-30)18(11-15)21-26-28-29-27-21/h3-8,11-12,30H,9-10,13H2,1-2H3,(H,23,24,25)(H,26,27,28,29). The van der Waals surface area contributed by atoms with Gasteiger partial charge in [-0.2, -0.15) is 9.97 Å². The zero-order valence-corrected chi connectivity index (χ0v) is 17.7. The minimum atomic E-state index is -0.137. The van der Waals surface area contributed by atoms with Gasteiger partial charge in [-0.05, 0) is 46.2 Å². The molecular formula is C22H23N7O3. The van der Waals surface area contributed by atoms with Crippen molar-refractivity contribution in [3.63, 3.8) is 0 Å². The number of aliphatic hydroxyl groups is 1. The molecule has 0 amide bonds. The maximum absolute atomic E-state index is 9.68. The van der Waals surface area contributed by atoms with Crippen molar-refractivity contribution < 1.29 is 14.6 Å². The molecule has 4 aromatic rings. The molecule has 10 heteroatoms. The summed E-state index contributed by atoms with van der Waals surface area (Å²) in [7, 11) is 3.18. The SMILES string of the molecule is COc1ccc(CCNc2cc(-c3ccc(CO)c(-c4nnn[nH]4)c3)nc(OC)n2)cc1. The summed E-state index contributed by atoms with van der Waals surface area (Å²) >= 11 is 0. The van der Waals surface area contributed by atoms with Gasteiger partial charge >= 0.3 is 6.01 Å². The van der Waals surface area contributed by atoms with Crippen molar-refractivity contribution in [2.75, 3.05) is 26.1 Å². The van der Waals surface area contributed by atoms with Crippen LogP contribution in [0.2, 0.25) is 0 Å². The first-order chi connectivity index (χ1) is 15.7. The highest BCUT2D eigenvalue weighted by atomic mass is 16.5. The fourth-order valence-electron chi connectivity index (χ4n) is 3.25. The molecule has 0 saturated carbocycles. The molecule has 0 unspecified atom stereocenters. The van der Waals surface area contributed by atoms with E-state index in [-0.39, 0.29) is 12.6 Å². The molecule has 0 aliphatic heterocycles. The lowest BCUT2D eigenvalue weighted by atomic mass is 10.0. The highest BCUT2D eigenvalue weighted by molar-refractivity contribution is 5.71. The molecule has 0 atom stereocenters. The molecule has 0 saturated heterocycles. The largest absolute Gasteiger partial charge is 0.497 e. The first-order valence-electron chi connectivity index (χ1n) is 9.98. The van der Waals surface area contributed by atoms with Gasteiger partial charge in [0.2, 0.25) is 0 Å². The fourth-order valence-corrected chi connectivity index (χ4v) is 3.25. The Morgan fingerprint density at radius 2 is 1.84 bits per heavy atom. The molecule has 0 aliphatic rings. The van der Waals surface area contributed by atoms with Gasteiger partial charge in [-0.25, -0.2) is 5.10 Å². The number of methoxy groups -OCH3 is 2. The molecule has 0 aliphatic carbocycles. The minimum Gasteiger partial charge on any atom is -0.497 e. The van der Waals surface area contributed by atoms with Crippen molar-refractivity contribution in [3.8, 4) is 34.4 Å². The number of aliphatic hydroxyl groups excluding tert-OH is 1. The number of aromatic amines is 1. The molecule has 32 heavy (non-hydrogen) atoms. The van der Waals surface area contributed by atoms with E-state index in [9.17, 15) is 5.11 Å². The second-order valence-electron chi connectivity index (χ2n) is 6.93. The molecule has 0 fully saturated rings. The lowest BCUT2D eigenvalue weighted by molar-refractivity contribution is 0.282. The number of nitrogens with zero attached hydrogens (tertiary/aromatic N) is 5. The van der Waals surface area contributed by atoms with E-state index in [4.69, 9.17) is 9.47 Å². The van der Waals surface area contributed by atoms with Crippen molar-refractivity contribution in [1.82, 2.24) is 30.6 Å². The van der Waals surface area contributed by atoms with Gasteiger partial charge in [-0.15, -0.1) is 5.10 Å². The molecular weight excluding hydrogens is 410 g/mol. The van der Waals surface area contributed by atoms with E-state index in [1.165, 1.54) is 12.7 Å². The second kappa shape index (κ2) is 9.84. The molecule has 4 rings (SSSR count). The van der Waals surface area contributed by atoms with Gasteiger partial charge in [0.25, 0.3) is 0 Å². The number of anilines is 1. The molecule has 2 aromatic heterocycles. The average Bonchev–Trinajstić information content (AvgIpc) is 3.39. The predicted octanol–water partition coefficient (Wildman–Crippen LogP) is 2.49. The summed E-state index contributed by atoms with van der Waals surface area (Å²) in [4.78, 5) is 8.87. The van der Waals surface area contributed by atoms with Gasteiger partial charge < -0.3 is 19.9 Å². The number of benzene rings is 2.